The molecule has 0 atom stereocenters. The van der Waals surface area contributed by atoms with Gasteiger partial charge in [-0.05, 0) is 29.5 Å². The third-order valence-corrected chi connectivity index (χ3v) is 3.15. The number of rotatable bonds is 6. The fourth-order valence-corrected chi connectivity index (χ4v) is 2.03. The Morgan fingerprint density at radius 3 is 1.74 bits per heavy atom. The Labute approximate surface area is 113 Å². The molecule has 2 aromatic rings. The van der Waals surface area contributed by atoms with E-state index in [1.807, 2.05) is 18.2 Å². The van der Waals surface area contributed by atoms with E-state index < -0.39 is 0 Å². The monoisotopic (exact) mass is 255 g/mol. The quantitative estimate of drug-likeness (QED) is 0.587. The SMILES string of the molecule is O=[N+]([O-])CCc1ccc(CCc2ccccc2)cc1. The van der Waals surface area contributed by atoms with Crippen LogP contribution in [0.15, 0.2) is 54.6 Å². The lowest BCUT2D eigenvalue weighted by atomic mass is 10.0. The highest BCUT2D eigenvalue weighted by molar-refractivity contribution is 5.24. The van der Waals surface area contributed by atoms with Crippen molar-refractivity contribution in [3.05, 3.63) is 81.4 Å². The second-order valence-electron chi connectivity index (χ2n) is 4.61. The zero-order chi connectivity index (χ0) is 13.5. The molecule has 0 heterocycles. The second kappa shape index (κ2) is 6.69. The van der Waals surface area contributed by atoms with E-state index in [1.165, 1.54) is 11.1 Å². The van der Waals surface area contributed by atoms with Gasteiger partial charge in [-0.3, -0.25) is 10.1 Å². The highest BCUT2D eigenvalue weighted by Crippen LogP contribution is 2.09. The van der Waals surface area contributed by atoms with E-state index in [1.54, 1.807) is 0 Å². The van der Waals surface area contributed by atoms with Gasteiger partial charge in [-0.25, -0.2) is 0 Å². The number of hydrogen-bond acceptors (Lipinski definition) is 2. The molecule has 0 fully saturated rings. The van der Waals surface area contributed by atoms with Crippen LogP contribution in [0.25, 0.3) is 0 Å². The molecule has 19 heavy (non-hydrogen) atoms. The van der Waals surface area contributed by atoms with Crippen LogP contribution in [0.3, 0.4) is 0 Å². The fraction of sp³-hybridized carbons (Fsp3) is 0.250. The van der Waals surface area contributed by atoms with Gasteiger partial charge in [0.2, 0.25) is 6.54 Å². The number of nitro groups is 1. The minimum absolute atomic E-state index is 0.00334. The van der Waals surface area contributed by atoms with Crippen LogP contribution in [-0.4, -0.2) is 11.5 Å². The Hall–Kier alpha value is -2.16. The maximum Gasteiger partial charge on any atom is 0.207 e. The van der Waals surface area contributed by atoms with E-state index in [2.05, 4.69) is 36.4 Å². The molecule has 0 bridgehead atoms. The number of benzene rings is 2. The van der Waals surface area contributed by atoms with Gasteiger partial charge in [-0.1, -0.05) is 54.6 Å². The van der Waals surface area contributed by atoms with Crippen LogP contribution in [0.4, 0.5) is 0 Å². The normalized spacial score (nSPS) is 10.3. The second-order valence-corrected chi connectivity index (χ2v) is 4.61. The third kappa shape index (κ3) is 4.54. The molecule has 3 heteroatoms. The molecule has 0 radical (unpaired) electrons. The van der Waals surface area contributed by atoms with E-state index in [0.29, 0.717) is 6.42 Å². The van der Waals surface area contributed by atoms with Crippen molar-refractivity contribution in [3.8, 4) is 0 Å². The molecule has 2 rings (SSSR count). The maximum absolute atomic E-state index is 10.3. The van der Waals surface area contributed by atoms with Crippen molar-refractivity contribution in [1.29, 1.82) is 0 Å². The zero-order valence-corrected chi connectivity index (χ0v) is 10.8. The molecule has 0 spiro atoms. The minimum atomic E-state index is -0.274. The highest BCUT2D eigenvalue weighted by atomic mass is 16.6. The highest BCUT2D eigenvalue weighted by Gasteiger charge is 2.00. The summed E-state index contributed by atoms with van der Waals surface area (Å²) in [7, 11) is 0. The molecule has 0 N–H and O–H groups in total. The van der Waals surface area contributed by atoms with E-state index >= 15 is 0 Å². The molecule has 0 saturated heterocycles. The Morgan fingerprint density at radius 2 is 1.21 bits per heavy atom. The molecule has 0 saturated carbocycles. The lowest BCUT2D eigenvalue weighted by molar-refractivity contribution is -0.479. The zero-order valence-electron chi connectivity index (χ0n) is 10.8. The molecule has 0 unspecified atom stereocenters. The van der Waals surface area contributed by atoms with E-state index in [4.69, 9.17) is 0 Å². The molecule has 0 aliphatic carbocycles. The first-order valence-corrected chi connectivity index (χ1v) is 6.47. The van der Waals surface area contributed by atoms with Crippen molar-refractivity contribution in [2.24, 2.45) is 0 Å². The van der Waals surface area contributed by atoms with Gasteiger partial charge >= 0.3 is 0 Å². The third-order valence-electron chi connectivity index (χ3n) is 3.15. The van der Waals surface area contributed by atoms with Crippen LogP contribution in [-0.2, 0) is 19.3 Å². The standard InChI is InChI=1S/C16H17NO2/c18-17(19)13-12-16-10-8-15(9-11-16)7-6-14-4-2-1-3-5-14/h1-5,8-11H,6-7,12-13H2. The Bertz CT molecular complexity index is 520. The predicted molar refractivity (Wildman–Crippen MR) is 75.9 cm³/mol. The largest absolute Gasteiger partial charge is 0.265 e. The van der Waals surface area contributed by atoms with Gasteiger partial charge < -0.3 is 0 Å². The summed E-state index contributed by atoms with van der Waals surface area (Å²) in [5.41, 5.74) is 3.63. The van der Waals surface area contributed by atoms with Gasteiger partial charge in [-0.2, -0.15) is 0 Å². The van der Waals surface area contributed by atoms with Crippen molar-refractivity contribution in [1.82, 2.24) is 0 Å². The average molecular weight is 255 g/mol. The molecule has 0 aliphatic rings. The Balaban J connectivity index is 1.86. The van der Waals surface area contributed by atoms with Crippen molar-refractivity contribution >= 4 is 0 Å². The lowest BCUT2D eigenvalue weighted by Crippen LogP contribution is -2.03. The molecular weight excluding hydrogens is 238 g/mol. The van der Waals surface area contributed by atoms with Gasteiger partial charge in [-0.15, -0.1) is 0 Å². The number of hydrogen-bond donors (Lipinski definition) is 0. The van der Waals surface area contributed by atoms with Crippen molar-refractivity contribution in [2.45, 2.75) is 19.3 Å². The molecule has 0 aliphatic heterocycles. The van der Waals surface area contributed by atoms with Crippen LogP contribution in [0.2, 0.25) is 0 Å². The summed E-state index contributed by atoms with van der Waals surface area (Å²) < 4.78 is 0. The predicted octanol–water partition coefficient (Wildman–Crippen LogP) is 3.29. The van der Waals surface area contributed by atoms with E-state index in [-0.39, 0.29) is 11.5 Å². The first kappa shape index (κ1) is 13.3. The maximum atomic E-state index is 10.3. The van der Waals surface area contributed by atoms with Gasteiger partial charge in [0.1, 0.15) is 0 Å². The molecule has 2 aromatic carbocycles. The van der Waals surface area contributed by atoms with Crippen LogP contribution in [0.1, 0.15) is 16.7 Å². The van der Waals surface area contributed by atoms with Crippen molar-refractivity contribution < 1.29 is 4.92 Å². The Morgan fingerprint density at radius 1 is 0.737 bits per heavy atom. The van der Waals surface area contributed by atoms with Gasteiger partial charge in [0.25, 0.3) is 0 Å². The molecule has 0 amide bonds. The van der Waals surface area contributed by atoms with E-state index in [0.717, 1.165) is 18.4 Å². The summed E-state index contributed by atoms with van der Waals surface area (Å²) in [6, 6.07) is 18.5. The van der Waals surface area contributed by atoms with Gasteiger partial charge in [0, 0.05) is 11.3 Å². The average Bonchev–Trinajstić information content (AvgIpc) is 2.45. The molecule has 3 nitrogen and oxygen atoms in total. The minimum Gasteiger partial charge on any atom is -0.265 e. The summed E-state index contributed by atoms with van der Waals surface area (Å²) in [5, 5.41) is 10.3. The fourth-order valence-electron chi connectivity index (χ4n) is 2.03. The first-order valence-electron chi connectivity index (χ1n) is 6.47. The van der Waals surface area contributed by atoms with Crippen LogP contribution in [0, 0.1) is 10.1 Å². The van der Waals surface area contributed by atoms with Gasteiger partial charge in [0.15, 0.2) is 0 Å². The number of nitrogens with zero attached hydrogens (tertiary/aromatic N) is 1. The molecule has 98 valence electrons. The first-order chi connectivity index (χ1) is 9.24. The lowest BCUT2D eigenvalue weighted by Gasteiger charge is -2.03. The van der Waals surface area contributed by atoms with E-state index in [9.17, 15) is 10.1 Å². The summed E-state index contributed by atoms with van der Waals surface area (Å²) in [4.78, 5) is 10.0. The molecular formula is C16H17NO2. The Kier molecular flexibility index (Phi) is 4.67. The summed E-state index contributed by atoms with van der Waals surface area (Å²) in [5.74, 6) is 0. The summed E-state index contributed by atoms with van der Waals surface area (Å²) in [6.45, 7) is 0.00334. The molecule has 0 aromatic heterocycles. The van der Waals surface area contributed by atoms with Crippen molar-refractivity contribution in [3.63, 3.8) is 0 Å². The van der Waals surface area contributed by atoms with Gasteiger partial charge in [0.05, 0.1) is 0 Å². The summed E-state index contributed by atoms with van der Waals surface area (Å²) >= 11 is 0. The van der Waals surface area contributed by atoms with Crippen LogP contribution in [0.5, 0.6) is 0 Å². The van der Waals surface area contributed by atoms with Crippen molar-refractivity contribution in [2.75, 3.05) is 6.54 Å². The van der Waals surface area contributed by atoms with Crippen LogP contribution < -0.4 is 0 Å². The number of aryl methyl sites for hydroxylation is 2. The topological polar surface area (TPSA) is 43.1 Å². The smallest absolute Gasteiger partial charge is 0.207 e. The summed E-state index contributed by atoms with van der Waals surface area (Å²) in [6.07, 6.45) is 2.53. The van der Waals surface area contributed by atoms with Crippen LogP contribution >= 0.6 is 0 Å².